The molecule has 1 aliphatic rings. The van der Waals surface area contributed by atoms with Gasteiger partial charge in [-0.2, -0.15) is 0 Å². The van der Waals surface area contributed by atoms with Crippen LogP contribution in [0.5, 0.6) is 17.2 Å². The molecule has 0 aromatic heterocycles. The quantitative estimate of drug-likeness (QED) is 0.544. The average Bonchev–Trinajstić information content (AvgIpc) is 3.08. The summed E-state index contributed by atoms with van der Waals surface area (Å²) in [5.74, 6) is 0.870. The van der Waals surface area contributed by atoms with Gasteiger partial charge in [0.2, 0.25) is 0 Å². The van der Waals surface area contributed by atoms with E-state index in [1.807, 2.05) is 19.1 Å². The Labute approximate surface area is 192 Å². The first kappa shape index (κ1) is 22.0. The van der Waals surface area contributed by atoms with Crippen LogP contribution in [0.1, 0.15) is 11.1 Å². The molecule has 3 aromatic rings. The topological polar surface area (TPSA) is 77.1 Å². The summed E-state index contributed by atoms with van der Waals surface area (Å²) in [5, 5.41) is 3.14. The minimum atomic E-state index is -0.439. The van der Waals surface area contributed by atoms with Crippen LogP contribution in [0.15, 0.2) is 72.4 Å². The summed E-state index contributed by atoms with van der Waals surface area (Å²) in [6, 6.07) is 19.5. The molecular weight excluding hydrogens is 420 g/mol. The molecule has 0 unspecified atom stereocenters. The van der Waals surface area contributed by atoms with Crippen LogP contribution in [0.2, 0.25) is 0 Å². The number of amides is 2. The number of methoxy groups -OCH3 is 3. The van der Waals surface area contributed by atoms with Crippen molar-refractivity contribution in [3.8, 4) is 17.2 Å². The Bertz CT molecular complexity index is 1250. The van der Waals surface area contributed by atoms with E-state index in [1.54, 1.807) is 68.8 Å². The van der Waals surface area contributed by atoms with E-state index in [-0.39, 0.29) is 11.3 Å². The van der Waals surface area contributed by atoms with Gasteiger partial charge in [-0.1, -0.05) is 24.3 Å². The first-order chi connectivity index (χ1) is 16.0. The summed E-state index contributed by atoms with van der Waals surface area (Å²) in [4.78, 5) is 28.2. The summed E-state index contributed by atoms with van der Waals surface area (Å²) in [5.41, 5.74) is 3.10. The van der Waals surface area contributed by atoms with E-state index in [9.17, 15) is 9.59 Å². The molecule has 7 nitrogen and oxygen atoms in total. The third-order valence-electron chi connectivity index (χ3n) is 5.38. The number of benzene rings is 3. The number of rotatable bonds is 7. The van der Waals surface area contributed by atoms with Gasteiger partial charge in [-0.25, -0.2) is 4.90 Å². The molecule has 1 N–H and O–H groups in total. The van der Waals surface area contributed by atoms with Crippen molar-refractivity contribution in [1.29, 1.82) is 0 Å². The maximum absolute atomic E-state index is 13.5. The predicted molar refractivity (Wildman–Crippen MR) is 127 cm³/mol. The van der Waals surface area contributed by atoms with Crippen LogP contribution in [-0.2, 0) is 9.59 Å². The first-order valence-corrected chi connectivity index (χ1v) is 10.3. The fourth-order valence-electron chi connectivity index (χ4n) is 3.73. The smallest absolute Gasteiger partial charge is 0.282 e. The second-order valence-electron chi connectivity index (χ2n) is 7.46. The van der Waals surface area contributed by atoms with Crippen molar-refractivity contribution in [1.82, 2.24) is 0 Å². The van der Waals surface area contributed by atoms with E-state index in [0.717, 1.165) is 5.56 Å². The normalized spacial score (nSPS) is 13.4. The summed E-state index contributed by atoms with van der Waals surface area (Å²) in [7, 11) is 4.66. The standard InChI is InChI=1S/C26H24N2O5/c1-16-6-5-7-19(14-16)28-25(29)23(17-8-11-20(31-2)12-9-17)24(26(28)30)27-18-10-13-21(32-3)22(15-18)33-4/h5-15,27H,1-4H3. The lowest BCUT2D eigenvalue weighted by Gasteiger charge is -2.16. The SMILES string of the molecule is COc1ccc(C2=C(Nc3ccc(OC)c(OC)c3)C(=O)N(c3cccc(C)c3)C2=O)cc1. The minimum absolute atomic E-state index is 0.180. The van der Waals surface area contributed by atoms with Gasteiger partial charge in [0, 0.05) is 11.8 Å². The Kier molecular flexibility index (Phi) is 6.04. The molecule has 33 heavy (non-hydrogen) atoms. The number of nitrogens with one attached hydrogen (secondary N) is 1. The van der Waals surface area contributed by atoms with Crippen molar-refractivity contribution in [2.45, 2.75) is 6.92 Å². The van der Waals surface area contributed by atoms with Crippen LogP contribution < -0.4 is 24.4 Å². The van der Waals surface area contributed by atoms with Crippen LogP contribution in [0.4, 0.5) is 11.4 Å². The molecule has 0 saturated heterocycles. The van der Waals surface area contributed by atoms with Crippen LogP contribution in [0.25, 0.3) is 5.57 Å². The number of carbonyl (C=O) groups is 2. The fourth-order valence-corrected chi connectivity index (χ4v) is 3.73. The van der Waals surface area contributed by atoms with E-state index in [4.69, 9.17) is 14.2 Å². The summed E-state index contributed by atoms with van der Waals surface area (Å²) >= 11 is 0. The molecule has 1 heterocycles. The molecule has 0 fully saturated rings. The molecule has 168 valence electrons. The molecule has 0 atom stereocenters. The highest BCUT2D eigenvalue weighted by atomic mass is 16.5. The van der Waals surface area contributed by atoms with Gasteiger partial charge in [-0.15, -0.1) is 0 Å². The number of ether oxygens (including phenoxy) is 3. The Morgan fingerprint density at radius 2 is 1.48 bits per heavy atom. The highest BCUT2D eigenvalue weighted by Gasteiger charge is 2.40. The molecule has 2 amide bonds. The van der Waals surface area contributed by atoms with E-state index >= 15 is 0 Å². The van der Waals surface area contributed by atoms with Gasteiger partial charge in [0.15, 0.2) is 11.5 Å². The number of anilines is 2. The Morgan fingerprint density at radius 3 is 2.12 bits per heavy atom. The van der Waals surface area contributed by atoms with Gasteiger partial charge in [0.05, 0.1) is 32.6 Å². The van der Waals surface area contributed by atoms with Crippen LogP contribution >= 0.6 is 0 Å². The lowest BCUT2D eigenvalue weighted by molar-refractivity contribution is -0.120. The third kappa shape index (κ3) is 4.13. The Hall–Kier alpha value is -4.26. The van der Waals surface area contributed by atoms with Crippen molar-refractivity contribution >= 4 is 28.8 Å². The largest absolute Gasteiger partial charge is 0.497 e. The zero-order valence-electron chi connectivity index (χ0n) is 18.8. The molecule has 4 rings (SSSR count). The summed E-state index contributed by atoms with van der Waals surface area (Å²) in [6.07, 6.45) is 0. The van der Waals surface area contributed by atoms with Crippen LogP contribution in [0.3, 0.4) is 0 Å². The highest BCUT2D eigenvalue weighted by Crippen LogP contribution is 2.36. The van der Waals surface area contributed by atoms with Gasteiger partial charge in [0.1, 0.15) is 11.4 Å². The van der Waals surface area contributed by atoms with Gasteiger partial charge >= 0.3 is 0 Å². The van der Waals surface area contributed by atoms with Gasteiger partial charge in [-0.3, -0.25) is 9.59 Å². The number of carbonyl (C=O) groups excluding carboxylic acids is 2. The molecule has 0 bridgehead atoms. The third-order valence-corrected chi connectivity index (χ3v) is 5.38. The number of nitrogens with zero attached hydrogens (tertiary/aromatic N) is 1. The second-order valence-corrected chi connectivity index (χ2v) is 7.46. The van der Waals surface area contributed by atoms with Crippen molar-refractivity contribution in [3.05, 3.63) is 83.6 Å². The Balaban J connectivity index is 1.81. The zero-order valence-corrected chi connectivity index (χ0v) is 18.8. The van der Waals surface area contributed by atoms with E-state index in [0.29, 0.717) is 34.2 Å². The molecule has 1 aliphatic heterocycles. The molecule has 3 aromatic carbocycles. The number of hydrogen-bond acceptors (Lipinski definition) is 6. The average molecular weight is 444 g/mol. The minimum Gasteiger partial charge on any atom is -0.497 e. The molecule has 0 aliphatic carbocycles. The lowest BCUT2D eigenvalue weighted by atomic mass is 10.0. The predicted octanol–water partition coefficient (Wildman–Crippen LogP) is 4.42. The molecule has 0 saturated carbocycles. The summed E-state index contributed by atoms with van der Waals surface area (Å²) in [6.45, 7) is 1.91. The van der Waals surface area contributed by atoms with E-state index < -0.39 is 11.8 Å². The second kappa shape index (κ2) is 9.08. The van der Waals surface area contributed by atoms with Gasteiger partial charge < -0.3 is 19.5 Å². The molecule has 0 spiro atoms. The van der Waals surface area contributed by atoms with Crippen molar-refractivity contribution in [2.24, 2.45) is 0 Å². The Morgan fingerprint density at radius 1 is 0.758 bits per heavy atom. The van der Waals surface area contributed by atoms with Gasteiger partial charge in [-0.05, 0) is 54.4 Å². The van der Waals surface area contributed by atoms with Crippen molar-refractivity contribution in [3.63, 3.8) is 0 Å². The van der Waals surface area contributed by atoms with Crippen molar-refractivity contribution < 1.29 is 23.8 Å². The van der Waals surface area contributed by atoms with Crippen LogP contribution in [0, 0.1) is 6.92 Å². The van der Waals surface area contributed by atoms with Gasteiger partial charge in [0.25, 0.3) is 11.8 Å². The maximum atomic E-state index is 13.5. The maximum Gasteiger partial charge on any atom is 0.282 e. The molecular formula is C26H24N2O5. The number of aryl methyl sites for hydroxylation is 1. The number of hydrogen-bond donors (Lipinski definition) is 1. The van der Waals surface area contributed by atoms with E-state index in [2.05, 4.69) is 5.32 Å². The van der Waals surface area contributed by atoms with Crippen LogP contribution in [-0.4, -0.2) is 33.1 Å². The number of imide groups is 1. The monoisotopic (exact) mass is 444 g/mol. The van der Waals surface area contributed by atoms with Crippen molar-refractivity contribution in [2.75, 3.05) is 31.5 Å². The lowest BCUT2D eigenvalue weighted by Crippen LogP contribution is -2.32. The summed E-state index contributed by atoms with van der Waals surface area (Å²) < 4.78 is 15.9. The zero-order chi connectivity index (χ0) is 23.5. The molecule has 7 heteroatoms. The molecule has 0 radical (unpaired) electrons. The fraction of sp³-hybridized carbons (Fsp3) is 0.154. The van der Waals surface area contributed by atoms with E-state index in [1.165, 1.54) is 12.0 Å². The highest BCUT2D eigenvalue weighted by molar-refractivity contribution is 6.46. The first-order valence-electron chi connectivity index (χ1n) is 10.3.